The summed E-state index contributed by atoms with van der Waals surface area (Å²) in [6, 6.07) is 10.9. The smallest absolute Gasteiger partial charge is 0.137 e. The number of hydrogen-bond donors (Lipinski definition) is 1. The lowest BCUT2D eigenvalue weighted by Gasteiger charge is -2.24. The molecule has 1 aromatic heterocycles. The van der Waals surface area contributed by atoms with E-state index in [0.29, 0.717) is 0 Å². The summed E-state index contributed by atoms with van der Waals surface area (Å²) in [5.41, 5.74) is 1.30. The highest BCUT2D eigenvalue weighted by Crippen LogP contribution is 2.20. The predicted octanol–water partition coefficient (Wildman–Crippen LogP) is 2.97. The van der Waals surface area contributed by atoms with Crippen molar-refractivity contribution in [2.24, 2.45) is 5.92 Å². The number of nitrogens with zero attached hydrogens (tertiary/aromatic N) is 3. The second-order valence-electron chi connectivity index (χ2n) is 5.64. The van der Waals surface area contributed by atoms with Gasteiger partial charge in [-0.3, -0.25) is 4.68 Å². The zero-order valence-electron chi connectivity index (χ0n) is 12.2. The first-order chi connectivity index (χ1) is 10.4. The molecule has 3 rings (SSSR count). The van der Waals surface area contributed by atoms with Crippen molar-refractivity contribution in [1.29, 1.82) is 0 Å². The molecule has 0 fully saturated rings. The Morgan fingerprint density at radius 3 is 2.86 bits per heavy atom. The molecule has 2 atom stereocenters. The van der Waals surface area contributed by atoms with Crippen LogP contribution < -0.4 is 5.32 Å². The van der Waals surface area contributed by atoms with Crippen LogP contribution in [0.1, 0.15) is 30.9 Å². The SMILES string of the molecule is C1=CC[C@@H](CN[C@H](Cn2cncn2)c2ccccc2)CC1. The first-order valence-electron chi connectivity index (χ1n) is 7.67. The van der Waals surface area contributed by atoms with Gasteiger partial charge in [0.05, 0.1) is 12.6 Å². The predicted molar refractivity (Wildman–Crippen MR) is 83.7 cm³/mol. The van der Waals surface area contributed by atoms with Gasteiger partial charge in [0.25, 0.3) is 0 Å². The Morgan fingerprint density at radius 2 is 2.14 bits per heavy atom. The van der Waals surface area contributed by atoms with Gasteiger partial charge in [0.15, 0.2) is 0 Å². The molecule has 0 saturated carbocycles. The average Bonchev–Trinajstić information content (AvgIpc) is 3.06. The Hall–Kier alpha value is -1.94. The monoisotopic (exact) mass is 282 g/mol. The van der Waals surface area contributed by atoms with Crippen LogP contribution in [0.5, 0.6) is 0 Å². The van der Waals surface area contributed by atoms with E-state index in [1.165, 1.54) is 24.8 Å². The number of benzene rings is 1. The van der Waals surface area contributed by atoms with Crippen LogP contribution in [0.4, 0.5) is 0 Å². The molecular weight excluding hydrogens is 260 g/mol. The molecule has 21 heavy (non-hydrogen) atoms. The number of aromatic nitrogens is 3. The summed E-state index contributed by atoms with van der Waals surface area (Å²) < 4.78 is 1.89. The first-order valence-corrected chi connectivity index (χ1v) is 7.67. The molecular formula is C17H22N4. The molecule has 0 amide bonds. The van der Waals surface area contributed by atoms with Gasteiger partial charge in [-0.25, -0.2) is 4.98 Å². The number of rotatable bonds is 6. The van der Waals surface area contributed by atoms with Crippen LogP contribution in [0, 0.1) is 5.92 Å². The molecule has 2 aromatic rings. The van der Waals surface area contributed by atoms with Crippen molar-refractivity contribution >= 4 is 0 Å². The molecule has 0 unspecified atom stereocenters. The van der Waals surface area contributed by atoms with Crippen LogP contribution in [0.3, 0.4) is 0 Å². The highest BCUT2D eigenvalue weighted by Gasteiger charge is 2.15. The Balaban J connectivity index is 1.65. The number of nitrogens with one attached hydrogen (secondary N) is 1. The lowest BCUT2D eigenvalue weighted by molar-refractivity contribution is 0.373. The van der Waals surface area contributed by atoms with Crippen LogP contribution in [-0.4, -0.2) is 21.3 Å². The molecule has 0 saturated heterocycles. The summed E-state index contributed by atoms with van der Waals surface area (Å²) >= 11 is 0. The van der Waals surface area contributed by atoms with Crippen molar-refractivity contribution in [1.82, 2.24) is 20.1 Å². The standard InChI is InChI=1S/C17H22N4/c1-3-7-15(8-4-1)11-19-17(12-21-14-18-13-20-21)16-9-5-2-6-10-16/h1-3,5-6,9-10,13-15,17,19H,4,7-8,11-12H2/t15-,17-/m1/s1. The highest BCUT2D eigenvalue weighted by molar-refractivity contribution is 5.18. The molecule has 1 aliphatic rings. The third-order valence-electron chi connectivity index (χ3n) is 4.07. The Kier molecular flexibility index (Phi) is 4.79. The maximum absolute atomic E-state index is 4.23. The second-order valence-corrected chi connectivity index (χ2v) is 5.64. The molecule has 4 heteroatoms. The fourth-order valence-corrected chi connectivity index (χ4v) is 2.84. The first kappa shape index (κ1) is 14.0. The van der Waals surface area contributed by atoms with Gasteiger partial charge in [-0.05, 0) is 37.3 Å². The molecule has 0 radical (unpaired) electrons. The quantitative estimate of drug-likeness (QED) is 0.828. The average molecular weight is 282 g/mol. The summed E-state index contributed by atoms with van der Waals surface area (Å²) in [7, 11) is 0. The van der Waals surface area contributed by atoms with E-state index < -0.39 is 0 Å². The lowest BCUT2D eigenvalue weighted by Crippen LogP contribution is -2.30. The van der Waals surface area contributed by atoms with E-state index in [2.05, 4.69) is 57.9 Å². The van der Waals surface area contributed by atoms with Crippen molar-refractivity contribution in [3.63, 3.8) is 0 Å². The van der Waals surface area contributed by atoms with Crippen LogP contribution in [0.15, 0.2) is 55.1 Å². The van der Waals surface area contributed by atoms with Gasteiger partial charge in [0.1, 0.15) is 12.7 Å². The fraction of sp³-hybridized carbons (Fsp3) is 0.412. The van der Waals surface area contributed by atoms with E-state index in [1.54, 1.807) is 12.7 Å². The summed E-state index contributed by atoms with van der Waals surface area (Å²) in [6.45, 7) is 1.87. The highest BCUT2D eigenvalue weighted by atomic mass is 15.3. The minimum Gasteiger partial charge on any atom is -0.308 e. The van der Waals surface area contributed by atoms with E-state index >= 15 is 0 Å². The maximum atomic E-state index is 4.23. The van der Waals surface area contributed by atoms with Crippen LogP contribution in [0.2, 0.25) is 0 Å². The Bertz CT molecular complexity index is 547. The number of allylic oxidation sites excluding steroid dienone is 2. The molecule has 110 valence electrons. The molecule has 0 aliphatic heterocycles. The van der Waals surface area contributed by atoms with E-state index in [1.807, 2.05) is 4.68 Å². The van der Waals surface area contributed by atoms with Crippen molar-refractivity contribution in [3.8, 4) is 0 Å². The maximum Gasteiger partial charge on any atom is 0.137 e. The van der Waals surface area contributed by atoms with Crippen molar-refractivity contribution in [2.75, 3.05) is 6.54 Å². The fourth-order valence-electron chi connectivity index (χ4n) is 2.84. The summed E-state index contributed by atoms with van der Waals surface area (Å²) in [5, 5.41) is 7.95. The Labute approximate surface area is 125 Å². The van der Waals surface area contributed by atoms with E-state index in [4.69, 9.17) is 0 Å². The Morgan fingerprint density at radius 1 is 1.24 bits per heavy atom. The normalized spacial score (nSPS) is 19.5. The molecule has 1 N–H and O–H groups in total. The summed E-state index contributed by atoms with van der Waals surface area (Å²) in [5.74, 6) is 0.747. The molecule has 1 heterocycles. The van der Waals surface area contributed by atoms with E-state index in [-0.39, 0.29) is 6.04 Å². The van der Waals surface area contributed by atoms with Gasteiger partial charge in [0.2, 0.25) is 0 Å². The topological polar surface area (TPSA) is 42.7 Å². The van der Waals surface area contributed by atoms with E-state index in [9.17, 15) is 0 Å². The van der Waals surface area contributed by atoms with Crippen LogP contribution >= 0.6 is 0 Å². The van der Waals surface area contributed by atoms with Crippen molar-refractivity contribution in [2.45, 2.75) is 31.8 Å². The largest absolute Gasteiger partial charge is 0.308 e. The lowest BCUT2D eigenvalue weighted by atomic mass is 9.94. The third kappa shape index (κ3) is 4.02. The third-order valence-corrected chi connectivity index (χ3v) is 4.07. The van der Waals surface area contributed by atoms with Gasteiger partial charge in [-0.1, -0.05) is 42.5 Å². The van der Waals surface area contributed by atoms with E-state index in [0.717, 1.165) is 19.0 Å². The van der Waals surface area contributed by atoms with Crippen molar-refractivity contribution in [3.05, 3.63) is 60.7 Å². The second kappa shape index (κ2) is 7.18. The molecule has 1 aromatic carbocycles. The van der Waals surface area contributed by atoms with Crippen LogP contribution in [-0.2, 0) is 6.54 Å². The summed E-state index contributed by atoms with van der Waals surface area (Å²) in [6.07, 6.45) is 11.7. The van der Waals surface area contributed by atoms with Crippen LogP contribution in [0.25, 0.3) is 0 Å². The van der Waals surface area contributed by atoms with Gasteiger partial charge < -0.3 is 5.32 Å². The minimum absolute atomic E-state index is 0.277. The molecule has 4 nitrogen and oxygen atoms in total. The van der Waals surface area contributed by atoms with Gasteiger partial charge in [0, 0.05) is 0 Å². The zero-order valence-corrected chi connectivity index (χ0v) is 12.2. The zero-order chi connectivity index (χ0) is 14.3. The molecule has 0 bridgehead atoms. The minimum atomic E-state index is 0.277. The number of hydrogen-bond acceptors (Lipinski definition) is 3. The van der Waals surface area contributed by atoms with Gasteiger partial charge in [-0.2, -0.15) is 5.10 Å². The molecule has 0 spiro atoms. The summed E-state index contributed by atoms with van der Waals surface area (Å²) in [4.78, 5) is 4.03. The van der Waals surface area contributed by atoms with Gasteiger partial charge >= 0.3 is 0 Å². The molecule has 1 aliphatic carbocycles. The van der Waals surface area contributed by atoms with Gasteiger partial charge in [-0.15, -0.1) is 0 Å². The van der Waals surface area contributed by atoms with Crippen molar-refractivity contribution < 1.29 is 0 Å².